The van der Waals surface area contributed by atoms with E-state index >= 15 is 0 Å². The van der Waals surface area contributed by atoms with Crippen molar-refractivity contribution in [3.05, 3.63) is 29.8 Å². The summed E-state index contributed by atoms with van der Waals surface area (Å²) in [5.74, 6) is 0.405. The van der Waals surface area contributed by atoms with Crippen LogP contribution in [0.25, 0.3) is 0 Å². The zero-order valence-electron chi connectivity index (χ0n) is 9.89. The Kier molecular flexibility index (Phi) is 3.42. The molecule has 1 aliphatic heterocycles. The van der Waals surface area contributed by atoms with E-state index in [1.54, 1.807) is 12.1 Å². The van der Waals surface area contributed by atoms with Gasteiger partial charge >= 0.3 is 0 Å². The topological polar surface area (TPSA) is 52.9 Å². The first-order valence-corrected chi connectivity index (χ1v) is 5.81. The average Bonchev–Trinajstić information content (AvgIpc) is 2.39. The number of aliphatic imine (C=N–C) groups is 1. The number of benzene rings is 1. The van der Waals surface area contributed by atoms with E-state index in [9.17, 15) is 9.90 Å². The van der Waals surface area contributed by atoms with E-state index in [1.165, 1.54) is 0 Å². The standard InChI is InChI=1S/C13H16N2O2/c1-2-13(17)15-8-7-14-12(9-15)10-3-5-11(16)6-4-10/h3-6,16H,2,7-9H2,1H3. The van der Waals surface area contributed by atoms with E-state index in [0.717, 1.165) is 11.3 Å². The summed E-state index contributed by atoms with van der Waals surface area (Å²) in [4.78, 5) is 17.9. The van der Waals surface area contributed by atoms with Crippen LogP contribution >= 0.6 is 0 Å². The molecule has 0 radical (unpaired) electrons. The molecule has 0 aliphatic carbocycles. The molecule has 90 valence electrons. The Morgan fingerprint density at radius 2 is 2.12 bits per heavy atom. The van der Waals surface area contributed by atoms with Crippen LogP contribution in [-0.2, 0) is 4.79 Å². The first-order chi connectivity index (χ1) is 8.20. The number of amides is 1. The van der Waals surface area contributed by atoms with E-state index < -0.39 is 0 Å². The summed E-state index contributed by atoms with van der Waals surface area (Å²) in [6.45, 7) is 3.79. The van der Waals surface area contributed by atoms with Gasteiger partial charge in [0.2, 0.25) is 5.91 Å². The molecule has 0 saturated heterocycles. The predicted octanol–water partition coefficient (Wildman–Crippen LogP) is 1.43. The minimum absolute atomic E-state index is 0.163. The lowest BCUT2D eigenvalue weighted by Crippen LogP contribution is -2.40. The predicted molar refractivity (Wildman–Crippen MR) is 66.4 cm³/mol. The van der Waals surface area contributed by atoms with Gasteiger partial charge in [0.1, 0.15) is 5.75 Å². The van der Waals surface area contributed by atoms with Crippen LogP contribution < -0.4 is 0 Å². The SMILES string of the molecule is CCC(=O)N1CCN=C(c2ccc(O)cc2)C1. The van der Waals surface area contributed by atoms with Crippen molar-refractivity contribution in [3.8, 4) is 5.75 Å². The largest absolute Gasteiger partial charge is 0.508 e. The molecule has 4 heteroatoms. The lowest BCUT2D eigenvalue weighted by atomic mass is 10.1. The van der Waals surface area contributed by atoms with Crippen LogP contribution in [0.2, 0.25) is 0 Å². The maximum Gasteiger partial charge on any atom is 0.222 e. The maximum absolute atomic E-state index is 11.6. The molecule has 1 amide bonds. The molecule has 0 fully saturated rings. The number of nitrogens with zero attached hydrogens (tertiary/aromatic N) is 2. The van der Waals surface area contributed by atoms with Crippen LogP contribution in [0, 0.1) is 0 Å². The summed E-state index contributed by atoms with van der Waals surface area (Å²) in [6.07, 6.45) is 0.531. The Bertz CT molecular complexity index is 437. The highest BCUT2D eigenvalue weighted by Crippen LogP contribution is 2.13. The second-order valence-corrected chi connectivity index (χ2v) is 4.04. The number of hydrogen-bond donors (Lipinski definition) is 1. The quantitative estimate of drug-likeness (QED) is 0.838. The van der Waals surface area contributed by atoms with Crippen molar-refractivity contribution >= 4 is 11.6 Å². The molecule has 1 aromatic carbocycles. The number of hydrogen-bond acceptors (Lipinski definition) is 3. The van der Waals surface area contributed by atoms with Gasteiger partial charge in [0.25, 0.3) is 0 Å². The zero-order chi connectivity index (χ0) is 12.3. The second kappa shape index (κ2) is 4.99. The summed E-state index contributed by atoms with van der Waals surface area (Å²) in [6, 6.07) is 6.93. The number of rotatable bonds is 2. The van der Waals surface area contributed by atoms with Crippen LogP contribution in [0.1, 0.15) is 18.9 Å². The Hall–Kier alpha value is -1.84. The Labute approximate surface area is 101 Å². The molecule has 2 rings (SSSR count). The molecule has 1 aromatic rings. The number of carbonyl (C=O) groups is 1. The number of carbonyl (C=O) groups excluding carboxylic acids is 1. The van der Waals surface area contributed by atoms with Crippen LogP contribution in [0.5, 0.6) is 5.75 Å². The van der Waals surface area contributed by atoms with Gasteiger partial charge in [-0.1, -0.05) is 6.92 Å². The molecule has 0 bridgehead atoms. The highest BCUT2D eigenvalue weighted by molar-refractivity contribution is 6.04. The van der Waals surface area contributed by atoms with Crippen molar-refractivity contribution in [2.24, 2.45) is 4.99 Å². The molecular formula is C13H16N2O2. The third kappa shape index (κ3) is 2.64. The molecule has 0 unspecified atom stereocenters. The Balaban J connectivity index is 2.14. The fraction of sp³-hybridized carbons (Fsp3) is 0.385. The third-order valence-corrected chi connectivity index (χ3v) is 2.87. The maximum atomic E-state index is 11.6. The monoisotopic (exact) mass is 232 g/mol. The minimum Gasteiger partial charge on any atom is -0.508 e. The van der Waals surface area contributed by atoms with Crippen molar-refractivity contribution < 1.29 is 9.90 Å². The number of phenolic OH excluding ortho intramolecular Hbond substituents is 1. The minimum atomic E-state index is 0.163. The summed E-state index contributed by atoms with van der Waals surface area (Å²) >= 11 is 0. The van der Waals surface area contributed by atoms with E-state index in [-0.39, 0.29) is 11.7 Å². The molecule has 1 aliphatic rings. The fourth-order valence-electron chi connectivity index (χ4n) is 1.89. The first-order valence-electron chi connectivity index (χ1n) is 5.81. The van der Waals surface area contributed by atoms with Crippen LogP contribution in [-0.4, -0.2) is 41.3 Å². The molecule has 0 spiro atoms. The third-order valence-electron chi connectivity index (χ3n) is 2.87. The van der Waals surface area contributed by atoms with Gasteiger partial charge in [-0.25, -0.2) is 0 Å². The smallest absolute Gasteiger partial charge is 0.222 e. The van der Waals surface area contributed by atoms with Crippen molar-refractivity contribution in [1.29, 1.82) is 0 Å². The summed E-state index contributed by atoms with van der Waals surface area (Å²) in [5.41, 5.74) is 1.88. The van der Waals surface area contributed by atoms with Gasteiger partial charge in [0, 0.05) is 13.0 Å². The lowest BCUT2D eigenvalue weighted by Gasteiger charge is -2.26. The van der Waals surface area contributed by atoms with E-state index in [1.807, 2.05) is 24.0 Å². The van der Waals surface area contributed by atoms with Crippen LogP contribution in [0.4, 0.5) is 0 Å². The van der Waals surface area contributed by atoms with Crippen LogP contribution in [0.3, 0.4) is 0 Å². The second-order valence-electron chi connectivity index (χ2n) is 4.04. The molecule has 17 heavy (non-hydrogen) atoms. The Morgan fingerprint density at radius 3 is 2.76 bits per heavy atom. The Morgan fingerprint density at radius 1 is 1.41 bits per heavy atom. The average molecular weight is 232 g/mol. The fourth-order valence-corrected chi connectivity index (χ4v) is 1.89. The lowest BCUT2D eigenvalue weighted by molar-refractivity contribution is -0.130. The zero-order valence-corrected chi connectivity index (χ0v) is 9.89. The van der Waals surface area contributed by atoms with Gasteiger partial charge < -0.3 is 10.0 Å². The first kappa shape index (κ1) is 11.6. The van der Waals surface area contributed by atoms with Gasteiger partial charge in [-0.3, -0.25) is 9.79 Å². The molecule has 1 heterocycles. The van der Waals surface area contributed by atoms with Crippen molar-refractivity contribution in [2.45, 2.75) is 13.3 Å². The van der Waals surface area contributed by atoms with E-state index in [0.29, 0.717) is 26.1 Å². The van der Waals surface area contributed by atoms with Crippen molar-refractivity contribution in [2.75, 3.05) is 19.6 Å². The molecule has 0 aromatic heterocycles. The van der Waals surface area contributed by atoms with Crippen molar-refractivity contribution in [3.63, 3.8) is 0 Å². The number of aromatic hydroxyl groups is 1. The molecule has 4 nitrogen and oxygen atoms in total. The molecule has 0 saturated carbocycles. The summed E-state index contributed by atoms with van der Waals surface area (Å²) in [7, 11) is 0. The van der Waals surface area contributed by atoms with E-state index in [2.05, 4.69) is 4.99 Å². The van der Waals surface area contributed by atoms with Gasteiger partial charge in [0.05, 0.1) is 18.8 Å². The van der Waals surface area contributed by atoms with Crippen LogP contribution in [0.15, 0.2) is 29.3 Å². The van der Waals surface area contributed by atoms with Crippen molar-refractivity contribution in [1.82, 2.24) is 4.90 Å². The molecular weight excluding hydrogens is 216 g/mol. The summed E-state index contributed by atoms with van der Waals surface area (Å²) in [5, 5.41) is 9.23. The van der Waals surface area contributed by atoms with Gasteiger partial charge in [0.15, 0.2) is 0 Å². The highest BCUT2D eigenvalue weighted by Gasteiger charge is 2.18. The highest BCUT2D eigenvalue weighted by atomic mass is 16.3. The molecule has 1 N–H and O–H groups in total. The van der Waals surface area contributed by atoms with Gasteiger partial charge in [-0.05, 0) is 29.8 Å². The van der Waals surface area contributed by atoms with Gasteiger partial charge in [-0.2, -0.15) is 0 Å². The summed E-state index contributed by atoms with van der Waals surface area (Å²) < 4.78 is 0. The molecule has 0 atom stereocenters. The van der Waals surface area contributed by atoms with E-state index in [4.69, 9.17) is 0 Å². The normalized spacial score (nSPS) is 15.6. The number of phenols is 1. The van der Waals surface area contributed by atoms with Gasteiger partial charge in [-0.15, -0.1) is 0 Å².